The third kappa shape index (κ3) is 3.19. The Morgan fingerprint density at radius 2 is 2.11 bits per heavy atom. The van der Waals surface area contributed by atoms with E-state index in [9.17, 15) is 5.11 Å². The number of aromatic hydroxyl groups is 1. The summed E-state index contributed by atoms with van der Waals surface area (Å²) < 4.78 is 5.22. The lowest BCUT2D eigenvalue weighted by Crippen LogP contribution is -2.34. The number of hydrogen-bond donors (Lipinski definition) is 1. The van der Waals surface area contributed by atoms with Crippen molar-refractivity contribution in [3.05, 3.63) is 23.8 Å². The molecule has 2 unspecified atom stereocenters. The molecular formula is C15H24N2O2. The van der Waals surface area contributed by atoms with Gasteiger partial charge in [0, 0.05) is 31.2 Å². The van der Waals surface area contributed by atoms with Crippen molar-refractivity contribution in [1.29, 1.82) is 0 Å². The number of nitrogens with zero attached hydrogens (tertiary/aromatic N) is 2. The monoisotopic (exact) mass is 264 g/mol. The Morgan fingerprint density at radius 3 is 2.68 bits per heavy atom. The number of likely N-dealkylation sites (tertiary alicyclic amines) is 1. The van der Waals surface area contributed by atoms with Gasteiger partial charge in [0.25, 0.3) is 0 Å². The van der Waals surface area contributed by atoms with Crippen LogP contribution in [0, 0.1) is 5.92 Å². The largest absolute Gasteiger partial charge is 0.508 e. The van der Waals surface area contributed by atoms with Gasteiger partial charge in [0.1, 0.15) is 11.5 Å². The summed E-state index contributed by atoms with van der Waals surface area (Å²) in [6.07, 6.45) is 0. The molecule has 1 aromatic rings. The quantitative estimate of drug-likeness (QED) is 0.899. The average Bonchev–Trinajstić information content (AvgIpc) is 2.73. The maximum atomic E-state index is 9.94. The van der Waals surface area contributed by atoms with Gasteiger partial charge in [-0.05, 0) is 38.2 Å². The first-order valence-corrected chi connectivity index (χ1v) is 6.76. The Kier molecular flexibility index (Phi) is 4.32. The highest BCUT2D eigenvalue weighted by atomic mass is 16.5. The highest BCUT2D eigenvalue weighted by Crippen LogP contribution is 2.27. The highest BCUT2D eigenvalue weighted by Gasteiger charge is 2.31. The fourth-order valence-corrected chi connectivity index (χ4v) is 2.91. The van der Waals surface area contributed by atoms with Crippen LogP contribution in [0.5, 0.6) is 11.5 Å². The number of phenolic OH excluding ortho intramolecular Hbond substituents is 1. The van der Waals surface area contributed by atoms with E-state index in [1.807, 2.05) is 6.07 Å². The minimum absolute atomic E-state index is 0.349. The van der Waals surface area contributed by atoms with Crippen molar-refractivity contribution in [2.45, 2.75) is 19.5 Å². The summed E-state index contributed by atoms with van der Waals surface area (Å²) >= 11 is 0. The van der Waals surface area contributed by atoms with E-state index in [0.29, 0.717) is 17.7 Å². The van der Waals surface area contributed by atoms with E-state index in [-0.39, 0.29) is 0 Å². The predicted octanol–water partition coefficient (Wildman–Crippen LogP) is 1.78. The standard InChI is InChI=1S/C15H24N2O2/c1-11-8-17(10-14(11)16(2)3)9-12-7-13(19-4)5-6-15(12)18/h5-7,11,14,18H,8-10H2,1-4H3. The second kappa shape index (κ2) is 5.80. The van der Waals surface area contributed by atoms with Crippen molar-refractivity contribution in [2.24, 2.45) is 5.92 Å². The van der Waals surface area contributed by atoms with Gasteiger partial charge in [0.05, 0.1) is 7.11 Å². The van der Waals surface area contributed by atoms with Crippen LogP contribution in [-0.2, 0) is 6.54 Å². The van der Waals surface area contributed by atoms with E-state index in [1.54, 1.807) is 19.2 Å². The molecule has 1 fully saturated rings. The summed E-state index contributed by atoms with van der Waals surface area (Å²) in [4.78, 5) is 4.68. The van der Waals surface area contributed by atoms with Gasteiger partial charge in [-0.1, -0.05) is 6.92 Å². The molecule has 4 heteroatoms. The minimum Gasteiger partial charge on any atom is -0.508 e. The van der Waals surface area contributed by atoms with Crippen LogP contribution in [0.3, 0.4) is 0 Å². The number of likely N-dealkylation sites (N-methyl/N-ethyl adjacent to an activating group) is 1. The second-order valence-electron chi connectivity index (χ2n) is 5.70. The lowest BCUT2D eigenvalue weighted by Gasteiger charge is -2.22. The Bertz CT molecular complexity index is 434. The van der Waals surface area contributed by atoms with Crippen molar-refractivity contribution in [1.82, 2.24) is 9.80 Å². The molecule has 1 aromatic carbocycles. The van der Waals surface area contributed by atoms with Gasteiger partial charge in [-0.3, -0.25) is 4.90 Å². The van der Waals surface area contributed by atoms with E-state index in [0.717, 1.165) is 30.9 Å². The minimum atomic E-state index is 0.349. The number of methoxy groups -OCH3 is 1. The first-order chi connectivity index (χ1) is 9.01. The number of rotatable bonds is 4. The molecule has 1 saturated heterocycles. The SMILES string of the molecule is COc1ccc(O)c(CN2CC(C)C(N(C)C)C2)c1. The molecule has 1 N–H and O–H groups in total. The molecule has 0 aliphatic carbocycles. The zero-order valence-electron chi connectivity index (χ0n) is 12.3. The molecule has 4 nitrogen and oxygen atoms in total. The van der Waals surface area contributed by atoms with Crippen LogP contribution in [0.15, 0.2) is 18.2 Å². The van der Waals surface area contributed by atoms with Gasteiger partial charge >= 0.3 is 0 Å². The summed E-state index contributed by atoms with van der Waals surface area (Å²) in [5.41, 5.74) is 0.936. The van der Waals surface area contributed by atoms with Crippen molar-refractivity contribution in [2.75, 3.05) is 34.3 Å². The van der Waals surface area contributed by atoms with Gasteiger partial charge in [-0.2, -0.15) is 0 Å². The normalized spacial score (nSPS) is 24.1. The molecular weight excluding hydrogens is 240 g/mol. The maximum Gasteiger partial charge on any atom is 0.120 e. The van der Waals surface area contributed by atoms with Crippen molar-refractivity contribution in [3.8, 4) is 11.5 Å². The highest BCUT2D eigenvalue weighted by molar-refractivity contribution is 5.39. The lowest BCUT2D eigenvalue weighted by atomic mass is 10.1. The van der Waals surface area contributed by atoms with Crippen LogP contribution in [0.25, 0.3) is 0 Å². The van der Waals surface area contributed by atoms with Crippen LogP contribution in [-0.4, -0.2) is 55.2 Å². The molecule has 1 heterocycles. The Hall–Kier alpha value is -1.26. The van der Waals surface area contributed by atoms with Crippen LogP contribution in [0.4, 0.5) is 0 Å². The van der Waals surface area contributed by atoms with Crippen molar-refractivity contribution < 1.29 is 9.84 Å². The molecule has 0 bridgehead atoms. The first kappa shape index (κ1) is 14.2. The summed E-state index contributed by atoms with van der Waals surface area (Å²) in [6.45, 7) is 5.18. The van der Waals surface area contributed by atoms with Crippen LogP contribution in [0.2, 0.25) is 0 Å². The van der Waals surface area contributed by atoms with Gasteiger partial charge in [-0.15, -0.1) is 0 Å². The number of ether oxygens (including phenoxy) is 1. The van der Waals surface area contributed by atoms with Crippen LogP contribution in [0.1, 0.15) is 12.5 Å². The number of benzene rings is 1. The molecule has 0 amide bonds. The Balaban J connectivity index is 2.06. The first-order valence-electron chi connectivity index (χ1n) is 6.76. The summed E-state index contributed by atoms with van der Waals surface area (Å²) in [6, 6.07) is 6.00. The van der Waals surface area contributed by atoms with Crippen LogP contribution < -0.4 is 4.74 Å². The average molecular weight is 264 g/mol. The predicted molar refractivity (Wildman–Crippen MR) is 76.6 cm³/mol. The molecule has 0 saturated carbocycles. The molecule has 19 heavy (non-hydrogen) atoms. The molecule has 1 aliphatic rings. The zero-order valence-corrected chi connectivity index (χ0v) is 12.3. The third-order valence-corrected chi connectivity index (χ3v) is 3.99. The van der Waals surface area contributed by atoms with Gasteiger partial charge in [0.2, 0.25) is 0 Å². The van der Waals surface area contributed by atoms with E-state index < -0.39 is 0 Å². The summed E-state index contributed by atoms with van der Waals surface area (Å²) in [5, 5.41) is 9.94. The molecule has 0 radical (unpaired) electrons. The molecule has 1 aliphatic heterocycles. The Morgan fingerprint density at radius 1 is 1.37 bits per heavy atom. The maximum absolute atomic E-state index is 9.94. The fraction of sp³-hybridized carbons (Fsp3) is 0.600. The van der Waals surface area contributed by atoms with Crippen molar-refractivity contribution >= 4 is 0 Å². The lowest BCUT2D eigenvalue weighted by molar-refractivity contribution is 0.249. The van der Waals surface area contributed by atoms with E-state index in [2.05, 4.69) is 30.8 Å². The van der Waals surface area contributed by atoms with Gasteiger partial charge < -0.3 is 14.7 Å². The summed E-state index contributed by atoms with van der Waals surface area (Å²) in [7, 11) is 5.91. The molecule has 0 aromatic heterocycles. The number of phenols is 1. The number of hydrogen-bond acceptors (Lipinski definition) is 4. The molecule has 2 rings (SSSR count). The van der Waals surface area contributed by atoms with E-state index in [1.165, 1.54) is 0 Å². The van der Waals surface area contributed by atoms with E-state index in [4.69, 9.17) is 4.74 Å². The summed E-state index contributed by atoms with van der Waals surface area (Å²) in [5.74, 6) is 1.80. The molecule has 106 valence electrons. The Labute approximate surface area is 115 Å². The van der Waals surface area contributed by atoms with Crippen molar-refractivity contribution in [3.63, 3.8) is 0 Å². The van der Waals surface area contributed by atoms with Gasteiger partial charge in [0.15, 0.2) is 0 Å². The second-order valence-corrected chi connectivity index (χ2v) is 5.70. The molecule has 2 atom stereocenters. The van der Waals surface area contributed by atoms with Crippen LogP contribution >= 0.6 is 0 Å². The zero-order chi connectivity index (χ0) is 14.0. The fourth-order valence-electron chi connectivity index (χ4n) is 2.91. The topological polar surface area (TPSA) is 35.9 Å². The molecule has 0 spiro atoms. The third-order valence-electron chi connectivity index (χ3n) is 3.99. The smallest absolute Gasteiger partial charge is 0.120 e. The van der Waals surface area contributed by atoms with Gasteiger partial charge in [-0.25, -0.2) is 0 Å². The van der Waals surface area contributed by atoms with E-state index >= 15 is 0 Å².